The first-order chi connectivity index (χ1) is 30.8. The van der Waals surface area contributed by atoms with Crippen LogP contribution in [0.15, 0.2) is 85.1 Å². The number of unbranched alkanes of at least 4 members (excludes halogenated alkanes) is 21. The van der Waals surface area contributed by atoms with E-state index in [-0.39, 0.29) is 19.3 Å². The molecule has 2 atom stereocenters. The normalized spacial score (nSPS) is 14.5. The highest BCUT2D eigenvalue weighted by Crippen LogP contribution is 2.26. The van der Waals surface area contributed by atoms with Gasteiger partial charge in [-0.15, -0.1) is 0 Å². The summed E-state index contributed by atoms with van der Waals surface area (Å²) in [7, 11) is 0. The third-order valence-electron chi connectivity index (χ3n) is 11.7. The molecule has 0 aliphatic rings. The number of Topliss-reactive ketones (excluding diaryl/α,β-unsaturated/α-hetero) is 3. The summed E-state index contributed by atoms with van der Waals surface area (Å²) < 4.78 is 0. The fraction of sp³-hybridized carbons (Fsp3) is 0.702. The van der Waals surface area contributed by atoms with Crippen molar-refractivity contribution < 1.29 is 29.7 Å². The van der Waals surface area contributed by atoms with Crippen LogP contribution in [0.5, 0.6) is 0 Å². The second-order valence-electron chi connectivity index (χ2n) is 17.6. The van der Waals surface area contributed by atoms with Crippen LogP contribution in [0.3, 0.4) is 0 Å². The van der Waals surface area contributed by atoms with Crippen LogP contribution in [0.4, 0.5) is 0 Å². The molecular formula is C57H96O6. The lowest BCUT2D eigenvalue weighted by Crippen LogP contribution is -2.63. The van der Waals surface area contributed by atoms with Gasteiger partial charge in [0.05, 0.1) is 0 Å². The van der Waals surface area contributed by atoms with E-state index < -0.39 is 35.2 Å². The van der Waals surface area contributed by atoms with Crippen LogP contribution in [0, 0.1) is 0 Å². The lowest BCUT2D eigenvalue weighted by Gasteiger charge is -2.34. The van der Waals surface area contributed by atoms with Crippen LogP contribution in [0.1, 0.15) is 239 Å². The number of aliphatic hydroxyl groups excluding tert-OH is 2. The van der Waals surface area contributed by atoms with Crippen LogP contribution in [0.25, 0.3) is 0 Å². The van der Waals surface area contributed by atoms with E-state index in [2.05, 4.69) is 106 Å². The van der Waals surface area contributed by atoms with Crippen molar-refractivity contribution in [3.63, 3.8) is 0 Å². The number of hydrogen-bond donors (Lipinski definition) is 3. The molecule has 6 heteroatoms. The topological polar surface area (TPSA) is 112 Å². The smallest absolute Gasteiger partial charge is 0.189 e. The highest BCUT2D eigenvalue weighted by Gasteiger charge is 2.53. The second kappa shape index (κ2) is 45.6. The molecule has 360 valence electrons. The van der Waals surface area contributed by atoms with Gasteiger partial charge in [0.25, 0.3) is 0 Å². The van der Waals surface area contributed by atoms with E-state index in [1.54, 1.807) is 0 Å². The van der Waals surface area contributed by atoms with Gasteiger partial charge in [-0.25, -0.2) is 0 Å². The number of aliphatic hydroxyl groups is 3. The Hall–Kier alpha value is -2.93. The van der Waals surface area contributed by atoms with Crippen LogP contribution in [-0.2, 0) is 14.4 Å². The van der Waals surface area contributed by atoms with Gasteiger partial charge in [0, 0.05) is 19.3 Å². The lowest BCUT2D eigenvalue weighted by molar-refractivity contribution is -0.181. The van der Waals surface area contributed by atoms with Crippen molar-refractivity contribution in [3.05, 3.63) is 85.1 Å². The van der Waals surface area contributed by atoms with Crippen molar-refractivity contribution in [2.45, 2.75) is 257 Å². The van der Waals surface area contributed by atoms with Crippen molar-refractivity contribution >= 4 is 17.3 Å². The summed E-state index contributed by atoms with van der Waals surface area (Å²) in [5, 5.41) is 34.1. The van der Waals surface area contributed by atoms with Gasteiger partial charge in [-0.2, -0.15) is 0 Å². The quantitative estimate of drug-likeness (QED) is 0.0415. The standard InChI is InChI=1S/C57H96O6/c1-4-7-10-13-16-19-22-25-28-31-34-37-40-43-46-49-52(58)55(61)57(63,54(60)51-48-45-42-39-36-33-30-27-24-21-18-15-12-9-6-3)56(62)53(59)50-47-44-41-38-35-32-29-26-23-20-17-14-11-8-5-2/h16-21,25-30,36,39,55-56,61-63H,4-15,22-24,31-35,37-38,40-51H2,1-3H3/b19-16-,20-17-,21-18-,28-25-,29-26-,30-27-,39-36-. The molecule has 0 aliphatic heterocycles. The first kappa shape index (κ1) is 60.1. The van der Waals surface area contributed by atoms with Crippen molar-refractivity contribution in [2.75, 3.05) is 0 Å². The van der Waals surface area contributed by atoms with E-state index in [1.807, 2.05) is 0 Å². The number of allylic oxidation sites excluding steroid dienone is 14. The molecule has 0 heterocycles. The van der Waals surface area contributed by atoms with Gasteiger partial charge in [0.2, 0.25) is 0 Å². The largest absolute Gasteiger partial charge is 0.382 e. The van der Waals surface area contributed by atoms with E-state index in [0.717, 1.165) is 116 Å². The fourth-order valence-corrected chi connectivity index (χ4v) is 7.48. The Labute approximate surface area is 387 Å². The van der Waals surface area contributed by atoms with Gasteiger partial charge in [-0.05, 0) is 122 Å². The van der Waals surface area contributed by atoms with E-state index in [1.165, 1.54) is 57.8 Å². The summed E-state index contributed by atoms with van der Waals surface area (Å²) >= 11 is 0. The molecular weight excluding hydrogens is 781 g/mol. The zero-order valence-corrected chi connectivity index (χ0v) is 40.8. The molecule has 0 fully saturated rings. The van der Waals surface area contributed by atoms with Gasteiger partial charge >= 0.3 is 0 Å². The maximum absolute atomic E-state index is 13.6. The molecule has 0 spiro atoms. The summed E-state index contributed by atoms with van der Waals surface area (Å²) in [6, 6.07) is 0. The summed E-state index contributed by atoms with van der Waals surface area (Å²) in [4.78, 5) is 40.1. The molecule has 63 heavy (non-hydrogen) atoms. The van der Waals surface area contributed by atoms with Crippen LogP contribution in [0.2, 0.25) is 0 Å². The van der Waals surface area contributed by atoms with Gasteiger partial charge < -0.3 is 15.3 Å². The molecule has 0 radical (unpaired) electrons. The van der Waals surface area contributed by atoms with Crippen LogP contribution in [-0.4, -0.2) is 50.5 Å². The molecule has 0 bridgehead atoms. The average molecular weight is 877 g/mol. The third-order valence-corrected chi connectivity index (χ3v) is 11.7. The predicted octanol–water partition coefficient (Wildman–Crippen LogP) is 15.4. The highest BCUT2D eigenvalue weighted by atomic mass is 16.4. The Morgan fingerprint density at radius 1 is 0.349 bits per heavy atom. The molecule has 0 saturated heterocycles. The Balaban J connectivity index is 4.97. The molecule has 0 saturated carbocycles. The maximum Gasteiger partial charge on any atom is 0.189 e. The molecule has 0 aromatic rings. The van der Waals surface area contributed by atoms with Crippen molar-refractivity contribution in [1.82, 2.24) is 0 Å². The van der Waals surface area contributed by atoms with Crippen molar-refractivity contribution in [1.29, 1.82) is 0 Å². The fourth-order valence-electron chi connectivity index (χ4n) is 7.48. The number of carbonyl (C=O) groups excluding carboxylic acids is 3. The lowest BCUT2D eigenvalue weighted by atomic mass is 9.78. The molecule has 3 N–H and O–H groups in total. The number of hydrogen-bond acceptors (Lipinski definition) is 6. The van der Waals surface area contributed by atoms with Crippen molar-refractivity contribution in [2.24, 2.45) is 0 Å². The Bertz CT molecular complexity index is 1240. The average Bonchev–Trinajstić information content (AvgIpc) is 3.29. The Morgan fingerprint density at radius 3 is 0.905 bits per heavy atom. The minimum atomic E-state index is -2.85. The summed E-state index contributed by atoms with van der Waals surface area (Å²) in [5.74, 6) is -2.26. The molecule has 6 nitrogen and oxygen atoms in total. The van der Waals surface area contributed by atoms with Crippen LogP contribution < -0.4 is 0 Å². The number of carbonyl (C=O) groups is 3. The van der Waals surface area contributed by atoms with Gasteiger partial charge in [0.15, 0.2) is 35.2 Å². The zero-order valence-electron chi connectivity index (χ0n) is 40.8. The third kappa shape index (κ3) is 35.1. The van der Waals surface area contributed by atoms with Crippen LogP contribution >= 0.6 is 0 Å². The number of ketones is 3. The Morgan fingerprint density at radius 2 is 0.587 bits per heavy atom. The minimum absolute atomic E-state index is 0.0262. The summed E-state index contributed by atoms with van der Waals surface area (Å²) in [6.07, 6.45) is 57.2. The highest BCUT2D eigenvalue weighted by molar-refractivity contribution is 6.01. The maximum atomic E-state index is 13.6. The molecule has 0 aromatic carbocycles. The summed E-state index contributed by atoms with van der Waals surface area (Å²) in [6.45, 7) is 6.65. The monoisotopic (exact) mass is 877 g/mol. The van der Waals surface area contributed by atoms with Gasteiger partial charge in [0.1, 0.15) is 0 Å². The first-order valence-electron chi connectivity index (χ1n) is 26.0. The zero-order chi connectivity index (χ0) is 46.3. The van der Waals surface area contributed by atoms with Crippen molar-refractivity contribution in [3.8, 4) is 0 Å². The predicted molar refractivity (Wildman–Crippen MR) is 270 cm³/mol. The molecule has 0 aliphatic carbocycles. The minimum Gasteiger partial charge on any atom is -0.382 e. The van der Waals surface area contributed by atoms with Gasteiger partial charge in [-0.1, -0.05) is 183 Å². The van der Waals surface area contributed by atoms with Gasteiger partial charge in [-0.3, -0.25) is 14.4 Å². The molecule has 0 aromatic heterocycles. The van der Waals surface area contributed by atoms with E-state index >= 15 is 0 Å². The number of rotatable bonds is 46. The van der Waals surface area contributed by atoms with E-state index in [4.69, 9.17) is 0 Å². The molecule has 0 rings (SSSR count). The van der Waals surface area contributed by atoms with E-state index in [0.29, 0.717) is 25.7 Å². The van der Waals surface area contributed by atoms with E-state index in [9.17, 15) is 29.7 Å². The Kier molecular flexibility index (Phi) is 43.5. The first-order valence-corrected chi connectivity index (χ1v) is 26.0. The molecule has 2 unspecified atom stereocenters. The summed E-state index contributed by atoms with van der Waals surface area (Å²) in [5.41, 5.74) is -2.85. The SMILES string of the molecule is CCCCC/C=C\C/C=C\C/C=C\CCCCC(=O)C(O)(C(O)C(=O)CCCCCCC/C=C\C/C=C\CCCCC)C(O)C(=O)CCCCCCC/C=C\C/C=C\CCCCC. The second-order valence-corrected chi connectivity index (χ2v) is 17.6. The molecule has 0 amide bonds.